The van der Waals surface area contributed by atoms with Crippen LogP contribution in [-0.2, 0) is 27.7 Å². The first kappa shape index (κ1) is 20.8. The number of amides is 1. The van der Waals surface area contributed by atoms with Gasteiger partial charge in [0.25, 0.3) is 0 Å². The SMILES string of the molecule is Cc1nn(-c2ccccc2)c(C)c1CC(=O)NCCc1ccc(S(N)(=O)=O)cc1. The first-order chi connectivity index (χ1) is 13.8. The molecule has 0 aliphatic rings. The number of nitrogens with one attached hydrogen (secondary N) is 1. The zero-order valence-corrected chi connectivity index (χ0v) is 17.2. The fourth-order valence-corrected chi connectivity index (χ4v) is 3.68. The Morgan fingerprint density at radius 3 is 2.34 bits per heavy atom. The van der Waals surface area contributed by atoms with Gasteiger partial charge in [-0.25, -0.2) is 18.2 Å². The van der Waals surface area contributed by atoms with E-state index in [4.69, 9.17) is 5.14 Å². The number of aromatic nitrogens is 2. The molecular weight excluding hydrogens is 388 g/mol. The molecule has 0 aliphatic carbocycles. The van der Waals surface area contributed by atoms with E-state index in [2.05, 4.69) is 10.4 Å². The van der Waals surface area contributed by atoms with E-state index >= 15 is 0 Å². The van der Waals surface area contributed by atoms with E-state index in [1.54, 1.807) is 12.1 Å². The quantitative estimate of drug-likeness (QED) is 0.619. The van der Waals surface area contributed by atoms with E-state index in [-0.39, 0.29) is 17.2 Å². The van der Waals surface area contributed by atoms with Crippen LogP contribution in [-0.4, -0.2) is 30.7 Å². The molecule has 0 bridgehead atoms. The maximum Gasteiger partial charge on any atom is 0.238 e. The van der Waals surface area contributed by atoms with E-state index in [0.29, 0.717) is 13.0 Å². The van der Waals surface area contributed by atoms with Gasteiger partial charge >= 0.3 is 0 Å². The average Bonchev–Trinajstić information content (AvgIpc) is 2.96. The van der Waals surface area contributed by atoms with Crippen molar-refractivity contribution in [2.75, 3.05) is 6.54 Å². The van der Waals surface area contributed by atoms with Crippen LogP contribution in [0, 0.1) is 13.8 Å². The van der Waals surface area contributed by atoms with Gasteiger partial charge in [0.15, 0.2) is 0 Å². The third-order valence-corrected chi connectivity index (χ3v) is 5.70. The van der Waals surface area contributed by atoms with Gasteiger partial charge in [-0.3, -0.25) is 4.79 Å². The summed E-state index contributed by atoms with van der Waals surface area (Å²) in [5, 5.41) is 12.6. The minimum atomic E-state index is -3.69. The Balaban J connectivity index is 1.58. The molecule has 0 fully saturated rings. The summed E-state index contributed by atoms with van der Waals surface area (Å²) >= 11 is 0. The fourth-order valence-electron chi connectivity index (χ4n) is 3.17. The molecule has 8 heteroatoms. The summed E-state index contributed by atoms with van der Waals surface area (Å²) in [6, 6.07) is 16.1. The predicted molar refractivity (Wildman–Crippen MR) is 111 cm³/mol. The van der Waals surface area contributed by atoms with Crippen molar-refractivity contribution < 1.29 is 13.2 Å². The first-order valence-electron chi connectivity index (χ1n) is 9.24. The van der Waals surface area contributed by atoms with Crippen LogP contribution in [0.3, 0.4) is 0 Å². The van der Waals surface area contributed by atoms with E-state index < -0.39 is 10.0 Å². The highest BCUT2D eigenvalue weighted by Crippen LogP contribution is 2.18. The van der Waals surface area contributed by atoms with Gasteiger partial charge in [-0.2, -0.15) is 5.10 Å². The van der Waals surface area contributed by atoms with E-state index in [9.17, 15) is 13.2 Å². The molecule has 7 nitrogen and oxygen atoms in total. The molecule has 0 radical (unpaired) electrons. The van der Waals surface area contributed by atoms with Crippen molar-refractivity contribution >= 4 is 15.9 Å². The first-order valence-corrected chi connectivity index (χ1v) is 10.8. The number of carbonyl (C=O) groups excluding carboxylic acids is 1. The number of primary sulfonamides is 1. The van der Waals surface area contributed by atoms with Crippen molar-refractivity contribution in [3.63, 3.8) is 0 Å². The van der Waals surface area contributed by atoms with Crippen LogP contribution >= 0.6 is 0 Å². The number of benzene rings is 2. The number of hydrogen-bond donors (Lipinski definition) is 2. The molecule has 0 saturated heterocycles. The van der Waals surface area contributed by atoms with Gasteiger partial charge in [-0.15, -0.1) is 0 Å². The third-order valence-electron chi connectivity index (χ3n) is 4.77. The topological polar surface area (TPSA) is 107 Å². The van der Waals surface area contributed by atoms with Gasteiger partial charge < -0.3 is 5.32 Å². The molecule has 152 valence electrons. The number of nitrogens with two attached hydrogens (primary N) is 1. The smallest absolute Gasteiger partial charge is 0.238 e. The zero-order chi connectivity index (χ0) is 21.0. The molecule has 1 amide bonds. The standard InChI is InChI=1S/C21H24N4O3S/c1-15-20(16(2)25(24-15)18-6-4-3-5-7-18)14-21(26)23-13-12-17-8-10-19(11-9-17)29(22,27)28/h3-11H,12-14H2,1-2H3,(H,23,26)(H2,22,27,28). The van der Waals surface area contributed by atoms with Crippen LogP contribution in [0.2, 0.25) is 0 Å². The van der Waals surface area contributed by atoms with Crippen molar-refractivity contribution in [1.29, 1.82) is 0 Å². The van der Waals surface area contributed by atoms with Crippen LogP contribution in [0.5, 0.6) is 0 Å². The molecule has 0 atom stereocenters. The molecule has 3 N–H and O–H groups in total. The molecule has 1 aromatic heterocycles. The normalized spacial score (nSPS) is 11.4. The van der Waals surface area contributed by atoms with Gasteiger partial charge in [0.05, 0.1) is 22.7 Å². The summed E-state index contributed by atoms with van der Waals surface area (Å²) in [6.07, 6.45) is 0.854. The highest BCUT2D eigenvalue weighted by Gasteiger charge is 2.15. The molecule has 0 spiro atoms. The van der Waals surface area contributed by atoms with Crippen LogP contribution in [0.25, 0.3) is 5.69 Å². The second-order valence-corrected chi connectivity index (χ2v) is 8.42. The Hall–Kier alpha value is -2.97. The van der Waals surface area contributed by atoms with Crippen molar-refractivity contribution in [2.45, 2.75) is 31.6 Å². The van der Waals surface area contributed by atoms with Crippen LogP contribution in [0.1, 0.15) is 22.5 Å². The lowest BCUT2D eigenvalue weighted by molar-refractivity contribution is -0.120. The lowest BCUT2D eigenvalue weighted by Gasteiger charge is -2.07. The maximum atomic E-state index is 12.4. The summed E-state index contributed by atoms with van der Waals surface area (Å²) < 4.78 is 24.4. The monoisotopic (exact) mass is 412 g/mol. The van der Waals surface area contributed by atoms with E-state index in [0.717, 1.165) is 28.2 Å². The van der Waals surface area contributed by atoms with E-state index in [1.165, 1.54) is 12.1 Å². The highest BCUT2D eigenvalue weighted by molar-refractivity contribution is 7.89. The Kier molecular flexibility index (Phi) is 6.14. The van der Waals surface area contributed by atoms with Crippen LogP contribution in [0.15, 0.2) is 59.5 Å². The molecule has 0 saturated carbocycles. The predicted octanol–water partition coefficient (Wildman–Crippen LogP) is 2.04. The number of aryl methyl sites for hydroxylation is 1. The van der Waals surface area contributed by atoms with Gasteiger partial charge in [-0.1, -0.05) is 30.3 Å². The lowest BCUT2D eigenvalue weighted by atomic mass is 10.1. The Morgan fingerprint density at radius 1 is 1.07 bits per heavy atom. The number of para-hydroxylation sites is 1. The van der Waals surface area contributed by atoms with Crippen molar-refractivity contribution in [3.05, 3.63) is 77.1 Å². The molecule has 2 aromatic carbocycles. The molecule has 3 aromatic rings. The van der Waals surface area contributed by atoms with E-state index in [1.807, 2.05) is 48.9 Å². The number of carbonyl (C=O) groups is 1. The van der Waals surface area contributed by atoms with Gasteiger partial charge in [0.2, 0.25) is 15.9 Å². The fraction of sp³-hybridized carbons (Fsp3) is 0.238. The lowest BCUT2D eigenvalue weighted by Crippen LogP contribution is -2.27. The number of nitrogens with zero attached hydrogens (tertiary/aromatic N) is 2. The van der Waals surface area contributed by atoms with Crippen molar-refractivity contribution in [2.24, 2.45) is 5.14 Å². The van der Waals surface area contributed by atoms with Gasteiger partial charge in [0.1, 0.15) is 0 Å². The summed E-state index contributed by atoms with van der Waals surface area (Å²) in [7, 11) is -3.69. The second kappa shape index (κ2) is 8.59. The molecule has 0 aliphatic heterocycles. The Morgan fingerprint density at radius 2 is 1.72 bits per heavy atom. The van der Waals surface area contributed by atoms with Crippen molar-refractivity contribution in [1.82, 2.24) is 15.1 Å². The molecule has 0 unspecified atom stereocenters. The van der Waals surface area contributed by atoms with Crippen LogP contribution in [0.4, 0.5) is 0 Å². The van der Waals surface area contributed by atoms with Gasteiger partial charge in [0, 0.05) is 17.8 Å². The molecular formula is C21H24N4O3S. The third kappa shape index (κ3) is 5.10. The Labute approximate surface area is 170 Å². The molecule has 3 rings (SSSR count). The summed E-state index contributed by atoms with van der Waals surface area (Å²) in [6.45, 7) is 4.32. The molecule has 1 heterocycles. The highest BCUT2D eigenvalue weighted by atomic mass is 32.2. The number of hydrogen-bond acceptors (Lipinski definition) is 4. The second-order valence-electron chi connectivity index (χ2n) is 6.86. The summed E-state index contributed by atoms with van der Waals surface area (Å²) in [5.74, 6) is -0.0787. The Bertz CT molecular complexity index is 1100. The van der Waals surface area contributed by atoms with Crippen molar-refractivity contribution in [3.8, 4) is 5.69 Å². The van der Waals surface area contributed by atoms with Gasteiger partial charge in [-0.05, 0) is 50.1 Å². The summed E-state index contributed by atoms with van der Waals surface area (Å²) in [5.41, 5.74) is 4.58. The average molecular weight is 413 g/mol. The molecule has 29 heavy (non-hydrogen) atoms. The van der Waals surface area contributed by atoms with Crippen LogP contribution < -0.4 is 10.5 Å². The minimum absolute atomic E-state index is 0.0756. The largest absolute Gasteiger partial charge is 0.355 e. The maximum absolute atomic E-state index is 12.4. The number of sulfonamides is 1. The summed E-state index contributed by atoms with van der Waals surface area (Å²) in [4.78, 5) is 12.5. The number of rotatable bonds is 7. The minimum Gasteiger partial charge on any atom is -0.355 e. The zero-order valence-electron chi connectivity index (χ0n) is 16.4.